The number of hydrogen-bond donors (Lipinski definition) is 2. The van der Waals surface area contributed by atoms with Crippen LogP contribution in [0.15, 0.2) is 94.8 Å². The van der Waals surface area contributed by atoms with E-state index in [1.807, 2.05) is 78.9 Å². The van der Waals surface area contributed by atoms with Gasteiger partial charge in [-0.2, -0.15) is 0 Å². The highest BCUT2D eigenvalue weighted by Gasteiger charge is 2.49. The summed E-state index contributed by atoms with van der Waals surface area (Å²) in [7, 11) is 0. The molecule has 2 aliphatic rings. The van der Waals surface area contributed by atoms with E-state index in [0.29, 0.717) is 11.3 Å². The van der Waals surface area contributed by atoms with Crippen LogP contribution in [0.4, 0.5) is 5.69 Å². The van der Waals surface area contributed by atoms with Crippen molar-refractivity contribution in [3.05, 3.63) is 106 Å². The molecular weight excluding hydrogens is 444 g/mol. The first kappa shape index (κ1) is 18.8. The van der Waals surface area contributed by atoms with Gasteiger partial charge in [-0.3, -0.25) is 4.79 Å². The molecule has 5 nitrogen and oxygen atoms in total. The van der Waals surface area contributed by atoms with Crippen LogP contribution in [0, 0.1) is 0 Å². The maximum absolute atomic E-state index is 13.3. The van der Waals surface area contributed by atoms with Gasteiger partial charge >= 0.3 is 0 Å². The Labute approximate surface area is 182 Å². The molecule has 6 heteroatoms. The molecule has 30 heavy (non-hydrogen) atoms. The van der Waals surface area contributed by atoms with Gasteiger partial charge in [0.15, 0.2) is 18.1 Å². The molecule has 0 radical (unpaired) electrons. The smallest absolute Gasteiger partial charge is 0.257 e. The Balaban J connectivity index is 1.58. The zero-order chi connectivity index (χ0) is 20.7. The molecule has 1 amide bonds. The number of benzene rings is 3. The Morgan fingerprint density at radius 2 is 1.60 bits per heavy atom. The van der Waals surface area contributed by atoms with E-state index in [1.54, 1.807) is 0 Å². The molecule has 3 aromatic carbocycles. The molecule has 0 aliphatic carbocycles. The first-order valence-electron chi connectivity index (χ1n) is 9.65. The van der Waals surface area contributed by atoms with Gasteiger partial charge in [0.05, 0.1) is 11.5 Å². The molecule has 0 saturated heterocycles. The van der Waals surface area contributed by atoms with Crippen LogP contribution in [0.2, 0.25) is 0 Å². The SMILES string of the molecule is NC1=C(C(=O)Nc2ccccc2)[C@@H](c2ccc(Br)cc2)[C@@H]2Oc3ccccc3[C@H]2O1. The average Bonchev–Trinajstić information content (AvgIpc) is 3.12. The van der Waals surface area contributed by atoms with Crippen molar-refractivity contribution < 1.29 is 14.3 Å². The number of anilines is 1. The zero-order valence-corrected chi connectivity index (χ0v) is 17.5. The molecule has 0 unspecified atom stereocenters. The number of ether oxygens (including phenoxy) is 2. The first-order chi connectivity index (χ1) is 14.6. The van der Waals surface area contributed by atoms with E-state index in [-0.39, 0.29) is 23.8 Å². The highest BCUT2D eigenvalue weighted by atomic mass is 79.9. The Bertz CT molecular complexity index is 1130. The van der Waals surface area contributed by atoms with Crippen LogP contribution in [0.3, 0.4) is 0 Å². The number of halogens is 1. The summed E-state index contributed by atoms with van der Waals surface area (Å²) in [6.45, 7) is 0. The minimum absolute atomic E-state index is 0.123. The first-order valence-corrected chi connectivity index (χ1v) is 10.4. The van der Waals surface area contributed by atoms with Gasteiger partial charge in [-0.25, -0.2) is 0 Å². The number of nitrogens with one attached hydrogen (secondary N) is 1. The van der Waals surface area contributed by atoms with Gasteiger partial charge in [-0.05, 0) is 35.9 Å². The second-order valence-corrected chi connectivity index (χ2v) is 8.20. The average molecular weight is 463 g/mol. The van der Waals surface area contributed by atoms with Gasteiger partial charge in [0.1, 0.15) is 5.75 Å². The standard InChI is InChI=1S/C24H19BrN2O3/c25-15-12-10-14(11-13-15)19-20(24(28)27-16-6-2-1-3-7-16)23(26)30-21-17-8-4-5-9-18(17)29-22(19)21/h1-13,19,21-22H,26H2,(H,27,28)/t19-,21-,22+/m1/s1. The summed E-state index contributed by atoms with van der Waals surface area (Å²) >= 11 is 3.48. The minimum atomic E-state index is -0.396. The summed E-state index contributed by atoms with van der Waals surface area (Å²) in [5, 5.41) is 2.93. The third-order valence-electron chi connectivity index (χ3n) is 5.45. The maximum atomic E-state index is 13.3. The van der Waals surface area contributed by atoms with Gasteiger partial charge < -0.3 is 20.5 Å². The molecule has 3 atom stereocenters. The largest absolute Gasteiger partial charge is 0.485 e. The molecule has 2 heterocycles. The summed E-state index contributed by atoms with van der Waals surface area (Å²) in [5.74, 6) is 0.197. The maximum Gasteiger partial charge on any atom is 0.257 e. The molecule has 3 N–H and O–H groups in total. The second kappa shape index (κ2) is 7.54. The van der Waals surface area contributed by atoms with Gasteiger partial charge in [-0.15, -0.1) is 0 Å². The lowest BCUT2D eigenvalue weighted by atomic mass is 9.81. The molecule has 5 rings (SSSR count). The van der Waals surface area contributed by atoms with Crippen molar-refractivity contribution in [1.82, 2.24) is 0 Å². The van der Waals surface area contributed by atoms with Crippen LogP contribution in [0.5, 0.6) is 5.75 Å². The molecule has 0 bridgehead atoms. The van der Waals surface area contributed by atoms with Crippen LogP contribution in [-0.4, -0.2) is 12.0 Å². The highest BCUT2D eigenvalue weighted by molar-refractivity contribution is 9.10. The summed E-state index contributed by atoms with van der Waals surface area (Å²) in [4.78, 5) is 13.3. The number of fused-ring (bicyclic) bond motifs is 3. The van der Waals surface area contributed by atoms with Crippen molar-refractivity contribution in [3.8, 4) is 5.75 Å². The van der Waals surface area contributed by atoms with Crippen LogP contribution >= 0.6 is 15.9 Å². The fourth-order valence-corrected chi connectivity index (χ4v) is 4.36. The lowest BCUT2D eigenvalue weighted by Crippen LogP contribution is -2.40. The molecule has 0 fully saturated rings. The van der Waals surface area contributed by atoms with Gasteiger partial charge in [-0.1, -0.05) is 64.5 Å². The van der Waals surface area contributed by atoms with E-state index in [1.165, 1.54) is 0 Å². The van der Waals surface area contributed by atoms with Gasteiger partial charge in [0, 0.05) is 15.7 Å². The van der Waals surface area contributed by atoms with Crippen molar-refractivity contribution in [2.45, 2.75) is 18.1 Å². The van der Waals surface area contributed by atoms with Crippen LogP contribution in [0.25, 0.3) is 0 Å². The van der Waals surface area contributed by atoms with Gasteiger partial charge in [0.25, 0.3) is 5.91 Å². The van der Waals surface area contributed by atoms with E-state index in [4.69, 9.17) is 15.2 Å². The van der Waals surface area contributed by atoms with E-state index in [9.17, 15) is 4.79 Å². The van der Waals surface area contributed by atoms with E-state index in [2.05, 4.69) is 21.2 Å². The molecule has 0 saturated carbocycles. The minimum Gasteiger partial charge on any atom is -0.485 e. The molecule has 0 spiro atoms. The van der Waals surface area contributed by atoms with E-state index >= 15 is 0 Å². The van der Waals surface area contributed by atoms with Gasteiger partial charge in [0.2, 0.25) is 0 Å². The molecule has 150 valence electrons. The van der Waals surface area contributed by atoms with Crippen molar-refractivity contribution >= 4 is 27.5 Å². The Morgan fingerprint density at radius 3 is 2.37 bits per heavy atom. The Kier molecular flexibility index (Phi) is 4.71. The Hall–Kier alpha value is -3.25. The summed E-state index contributed by atoms with van der Waals surface area (Å²) < 4.78 is 13.3. The predicted molar refractivity (Wildman–Crippen MR) is 118 cm³/mol. The normalized spacial score (nSPS) is 21.8. The fourth-order valence-electron chi connectivity index (χ4n) is 4.10. The molecule has 3 aromatic rings. The van der Waals surface area contributed by atoms with Crippen molar-refractivity contribution in [1.29, 1.82) is 0 Å². The van der Waals surface area contributed by atoms with Crippen LogP contribution < -0.4 is 15.8 Å². The third-order valence-corrected chi connectivity index (χ3v) is 5.98. The van der Waals surface area contributed by atoms with Crippen molar-refractivity contribution in [2.75, 3.05) is 5.32 Å². The number of amides is 1. The van der Waals surface area contributed by atoms with E-state index in [0.717, 1.165) is 21.3 Å². The number of rotatable bonds is 3. The number of carbonyl (C=O) groups excluding carboxylic acids is 1. The quantitative estimate of drug-likeness (QED) is 0.581. The monoisotopic (exact) mass is 462 g/mol. The summed E-state index contributed by atoms with van der Waals surface area (Å²) in [6, 6.07) is 24.9. The molecular formula is C24H19BrN2O3. The fraction of sp³-hybridized carbons (Fsp3) is 0.125. The summed E-state index contributed by atoms with van der Waals surface area (Å²) in [5.41, 5.74) is 9.27. The predicted octanol–water partition coefficient (Wildman–Crippen LogP) is 4.87. The number of para-hydroxylation sites is 2. The van der Waals surface area contributed by atoms with Crippen molar-refractivity contribution in [2.24, 2.45) is 5.73 Å². The molecule has 0 aromatic heterocycles. The van der Waals surface area contributed by atoms with Crippen LogP contribution in [-0.2, 0) is 9.53 Å². The highest BCUT2D eigenvalue weighted by Crippen LogP contribution is 2.50. The second-order valence-electron chi connectivity index (χ2n) is 7.29. The third kappa shape index (κ3) is 3.23. The van der Waals surface area contributed by atoms with E-state index < -0.39 is 6.10 Å². The lowest BCUT2D eigenvalue weighted by Gasteiger charge is -2.35. The Morgan fingerprint density at radius 1 is 0.900 bits per heavy atom. The number of carbonyl (C=O) groups is 1. The number of nitrogens with two attached hydrogens (primary N) is 1. The topological polar surface area (TPSA) is 73.6 Å². The lowest BCUT2D eigenvalue weighted by molar-refractivity contribution is -0.114. The number of hydrogen-bond acceptors (Lipinski definition) is 4. The van der Waals surface area contributed by atoms with Crippen molar-refractivity contribution in [3.63, 3.8) is 0 Å². The van der Waals surface area contributed by atoms with Crippen LogP contribution in [0.1, 0.15) is 23.1 Å². The summed E-state index contributed by atoms with van der Waals surface area (Å²) in [6.07, 6.45) is -0.768. The zero-order valence-electron chi connectivity index (χ0n) is 15.9. The molecule has 2 aliphatic heterocycles.